The van der Waals surface area contributed by atoms with Crippen molar-refractivity contribution < 1.29 is 9.32 Å². The Balaban J connectivity index is 1.78. The summed E-state index contributed by atoms with van der Waals surface area (Å²) in [5.74, 6) is 0.916. The second-order valence-corrected chi connectivity index (χ2v) is 6.79. The Kier molecular flexibility index (Phi) is 5.18. The first-order valence-corrected chi connectivity index (χ1v) is 8.86. The summed E-state index contributed by atoms with van der Waals surface area (Å²) in [5.41, 5.74) is 1.55. The van der Waals surface area contributed by atoms with E-state index in [2.05, 4.69) is 25.8 Å². The van der Waals surface area contributed by atoms with Crippen LogP contribution in [0.5, 0.6) is 0 Å². The van der Waals surface area contributed by atoms with Gasteiger partial charge in [0.1, 0.15) is 5.82 Å². The van der Waals surface area contributed by atoms with Crippen molar-refractivity contribution in [2.75, 3.05) is 17.2 Å². The number of hydrogen-bond acceptors (Lipinski definition) is 7. The van der Waals surface area contributed by atoms with Gasteiger partial charge in [-0.05, 0) is 32.9 Å². The van der Waals surface area contributed by atoms with Gasteiger partial charge in [-0.15, -0.1) is 0 Å². The molecule has 25 heavy (non-hydrogen) atoms. The minimum atomic E-state index is -0.388. The van der Waals surface area contributed by atoms with E-state index in [1.54, 1.807) is 19.9 Å². The van der Waals surface area contributed by atoms with Gasteiger partial charge >= 0.3 is 0 Å². The number of para-hydroxylation sites is 1. The van der Waals surface area contributed by atoms with Crippen LogP contribution in [0.15, 0.2) is 40.0 Å². The van der Waals surface area contributed by atoms with Crippen molar-refractivity contribution in [1.29, 1.82) is 0 Å². The Bertz CT molecular complexity index is 896. The smallest absolute Gasteiger partial charge is 0.240 e. The predicted molar refractivity (Wildman–Crippen MR) is 98.9 cm³/mol. The van der Waals surface area contributed by atoms with Gasteiger partial charge in [-0.25, -0.2) is 9.97 Å². The Morgan fingerprint density at radius 3 is 2.84 bits per heavy atom. The fourth-order valence-corrected chi connectivity index (χ4v) is 3.04. The van der Waals surface area contributed by atoms with Crippen LogP contribution in [0, 0.1) is 6.92 Å². The quantitative estimate of drug-likeness (QED) is 0.515. The molecule has 3 aromatic rings. The van der Waals surface area contributed by atoms with Crippen LogP contribution < -0.4 is 10.6 Å². The molecule has 0 unspecified atom stereocenters. The number of carbonyl (C=O) groups is 1. The number of nitrogens with one attached hydrogen (secondary N) is 2. The maximum Gasteiger partial charge on any atom is 0.240 e. The number of hydrogen-bond donors (Lipinski definition) is 2. The fraction of sp³-hybridized carbons (Fsp3) is 0.294. The summed E-state index contributed by atoms with van der Waals surface area (Å²) in [4.78, 5) is 21.4. The normalized spacial score (nSPS) is 12.1. The molecule has 0 aliphatic rings. The van der Waals surface area contributed by atoms with Crippen molar-refractivity contribution in [3.8, 4) is 0 Å². The van der Waals surface area contributed by atoms with Crippen LogP contribution in [0.25, 0.3) is 10.9 Å². The highest BCUT2D eigenvalue weighted by molar-refractivity contribution is 8.00. The number of anilines is 2. The Morgan fingerprint density at radius 2 is 2.12 bits per heavy atom. The van der Waals surface area contributed by atoms with Gasteiger partial charge in [-0.1, -0.05) is 29.1 Å². The molecular weight excluding hydrogens is 338 g/mol. The average molecular weight is 357 g/mol. The highest BCUT2D eigenvalue weighted by atomic mass is 32.2. The van der Waals surface area contributed by atoms with Crippen LogP contribution in [-0.2, 0) is 4.79 Å². The van der Waals surface area contributed by atoms with Crippen molar-refractivity contribution in [3.05, 3.63) is 36.0 Å². The summed E-state index contributed by atoms with van der Waals surface area (Å²) in [6, 6.07) is 9.47. The lowest BCUT2D eigenvalue weighted by Crippen LogP contribution is -2.22. The summed E-state index contributed by atoms with van der Waals surface area (Å²) in [6.07, 6.45) is 0. The number of nitrogens with zero attached hydrogens (tertiary/aromatic N) is 3. The van der Waals surface area contributed by atoms with Crippen LogP contribution >= 0.6 is 11.8 Å². The SMILES string of the molecule is CCNc1nc(S[C@H](C)C(=O)Nc2cc(C)no2)nc2ccccc12. The molecule has 0 spiro atoms. The maximum absolute atomic E-state index is 12.3. The van der Waals surface area contributed by atoms with Crippen LogP contribution in [0.2, 0.25) is 0 Å². The third-order valence-electron chi connectivity index (χ3n) is 3.45. The molecule has 0 saturated carbocycles. The molecule has 1 amide bonds. The van der Waals surface area contributed by atoms with Crippen molar-refractivity contribution in [2.24, 2.45) is 0 Å². The summed E-state index contributed by atoms with van der Waals surface area (Å²) in [6.45, 7) is 6.36. The average Bonchev–Trinajstić information content (AvgIpc) is 3.00. The molecule has 2 heterocycles. The van der Waals surface area contributed by atoms with E-state index in [9.17, 15) is 4.79 Å². The second kappa shape index (κ2) is 7.52. The molecule has 0 saturated heterocycles. The van der Waals surface area contributed by atoms with Gasteiger partial charge in [0.15, 0.2) is 5.16 Å². The van der Waals surface area contributed by atoms with E-state index in [-0.39, 0.29) is 11.2 Å². The van der Waals surface area contributed by atoms with Gasteiger partial charge in [0.2, 0.25) is 11.8 Å². The zero-order chi connectivity index (χ0) is 17.8. The second-order valence-electron chi connectivity index (χ2n) is 5.48. The van der Waals surface area contributed by atoms with Crippen LogP contribution in [0.3, 0.4) is 0 Å². The first-order chi connectivity index (χ1) is 12.1. The van der Waals surface area contributed by atoms with Gasteiger partial charge in [-0.2, -0.15) is 0 Å². The van der Waals surface area contributed by atoms with E-state index in [4.69, 9.17) is 4.52 Å². The van der Waals surface area contributed by atoms with Crippen molar-refractivity contribution >= 4 is 40.3 Å². The molecule has 0 bridgehead atoms. The highest BCUT2D eigenvalue weighted by Crippen LogP contribution is 2.27. The molecule has 1 aromatic carbocycles. The number of aryl methyl sites for hydroxylation is 1. The molecule has 2 N–H and O–H groups in total. The third kappa shape index (κ3) is 4.08. The number of thioether (sulfide) groups is 1. The zero-order valence-corrected chi connectivity index (χ0v) is 15.1. The van der Waals surface area contributed by atoms with E-state index in [1.165, 1.54) is 11.8 Å². The van der Waals surface area contributed by atoms with Crippen LogP contribution in [0.1, 0.15) is 19.5 Å². The highest BCUT2D eigenvalue weighted by Gasteiger charge is 2.19. The molecule has 0 radical (unpaired) electrons. The lowest BCUT2D eigenvalue weighted by Gasteiger charge is -2.12. The van der Waals surface area contributed by atoms with Crippen molar-refractivity contribution in [1.82, 2.24) is 15.1 Å². The fourth-order valence-electron chi connectivity index (χ4n) is 2.27. The van der Waals surface area contributed by atoms with Gasteiger partial charge < -0.3 is 9.84 Å². The lowest BCUT2D eigenvalue weighted by molar-refractivity contribution is -0.115. The number of amides is 1. The van der Waals surface area contributed by atoms with E-state index in [0.717, 1.165) is 23.3 Å². The van der Waals surface area contributed by atoms with E-state index < -0.39 is 0 Å². The minimum absolute atomic E-state index is 0.192. The minimum Gasteiger partial charge on any atom is -0.370 e. The first-order valence-electron chi connectivity index (χ1n) is 7.98. The van der Waals surface area contributed by atoms with E-state index in [0.29, 0.717) is 16.7 Å². The molecule has 0 fully saturated rings. The molecular formula is C17H19N5O2S. The molecule has 3 rings (SSSR count). The zero-order valence-electron chi connectivity index (χ0n) is 14.2. The molecule has 7 nitrogen and oxygen atoms in total. The number of rotatable bonds is 6. The molecule has 0 aliphatic carbocycles. The largest absolute Gasteiger partial charge is 0.370 e. The van der Waals surface area contributed by atoms with Gasteiger partial charge in [0, 0.05) is 18.0 Å². The summed E-state index contributed by atoms with van der Waals surface area (Å²) in [5, 5.41) is 10.8. The Hall–Kier alpha value is -2.61. The van der Waals surface area contributed by atoms with Crippen molar-refractivity contribution in [2.45, 2.75) is 31.2 Å². The molecule has 2 aromatic heterocycles. The lowest BCUT2D eigenvalue weighted by atomic mass is 10.2. The summed E-state index contributed by atoms with van der Waals surface area (Å²) >= 11 is 1.30. The van der Waals surface area contributed by atoms with Gasteiger partial charge in [-0.3, -0.25) is 10.1 Å². The topological polar surface area (TPSA) is 92.9 Å². The van der Waals surface area contributed by atoms with Crippen LogP contribution in [-0.4, -0.2) is 32.8 Å². The number of aromatic nitrogens is 3. The van der Waals surface area contributed by atoms with Crippen LogP contribution in [0.4, 0.5) is 11.7 Å². The molecule has 8 heteroatoms. The standard InChI is InChI=1S/C17H19N5O2S/c1-4-18-15-12-7-5-6-8-13(12)19-17(21-15)25-11(3)16(23)20-14-9-10(2)22-24-14/h5-9,11H,4H2,1-3H3,(H,20,23)(H,18,19,21)/t11-/m1/s1. The number of fused-ring (bicyclic) bond motifs is 1. The molecule has 0 aliphatic heterocycles. The number of benzene rings is 1. The Labute approximate surface area is 149 Å². The summed E-state index contributed by atoms with van der Waals surface area (Å²) in [7, 11) is 0. The first kappa shape index (κ1) is 17.2. The predicted octanol–water partition coefficient (Wildman–Crippen LogP) is 3.48. The number of carbonyl (C=O) groups excluding carboxylic acids is 1. The van der Waals surface area contributed by atoms with E-state index in [1.807, 2.05) is 31.2 Å². The maximum atomic E-state index is 12.3. The van der Waals surface area contributed by atoms with E-state index >= 15 is 0 Å². The van der Waals surface area contributed by atoms with Crippen molar-refractivity contribution in [3.63, 3.8) is 0 Å². The molecule has 130 valence electrons. The van der Waals surface area contributed by atoms with Gasteiger partial charge in [0.05, 0.1) is 16.5 Å². The third-order valence-corrected chi connectivity index (χ3v) is 4.41. The van der Waals surface area contributed by atoms with Gasteiger partial charge in [0.25, 0.3) is 0 Å². The monoisotopic (exact) mass is 357 g/mol. The Morgan fingerprint density at radius 1 is 1.32 bits per heavy atom. The summed E-state index contributed by atoms with van der Waals surface area (Å²) < 4.78 is 5.01. The molecule has 1 atom stereocenters.